The lowest BCUT2D eigenvalue weighted by Crippen LogP contribution is -1.98. The van der Waals surface area contributed by atoms with E-state index in [9.17, 15) is 4.79 Å². The van der Waals surface area contributed by atoms with Crippen LogP contribution in [0.25, 0.3) is 5.57 Å². The fraction of sp³-hybridized carbons (Fsp3) is 0.222. The van der Waals surface area contributed by atoms with Crippen LogP contribution in [0.5, 0.6) is 0 Å². The standard InChI is InChI=1S/C9H10O2S/c1-6(7(2)9(10)11)8-3-4-12-5-8/h3-5H,1-2H3,(H,10,11). The average molecular weight is 182 g/mol. The molecule has 0 aliphatic heterocycles. The molecule has 64 valence electrons. The van der Waals surface area contributed by atoms with Crippen LogP contribution < -0.4 is 0 Å². The molecule has 0 radical (unpaired) electrons. The van der Waals surface area contributed by atoms with Crippen LogP contribution in [0.1, 0.15) is 19.4 Å². The molecule has 0 aliphatic carbocycles. The van der Waals surface area contributed by atoms with Gasteiger partial charge in [-0.1, -0.05) is 0 Å². The molecule has 1 heterocycles. The SMILES string of the molecule is CC(C(=O)O)=C(C)c1ccsc1. The quantitative estimate of drug-likeness (QED) is 0.714. The summed E-state index contributed by atoms with van der Waals surface area (Å²) in [5.41, 5.74) is 2.25. The summed E-state index contributed by atoms with van der Waals surface area (Å²) in [7, 11) is 0. The summed E-state index contributed by atoms with van der Waals surface area (Å²) in [6.45, 7) is 3.45. The molecule has 0 saturated heterocycles. The largest absolute Gasteiger partial charge is 0.478 e. The van der Waals surface area contributed by atoms with Gasteiger partial charge in [-0.05, 0) is 41.8 Å². The predicted octanol–water partition coefficient (Wildman–Crippen LogP) is 2.63. The second-order valence-corrected chi connectivity index (χ2v) is 3.35. The van der Waals surface area contributed by atoms with Gasteiger partial charge < -0.3 is 5.11 Å². The van der Waals surface area contributed by atoms with Gasteiger partial charge in [0.05, 0.1) is 0 Å². The minimum Gasteiger partial charge on any atom is -0.478 e. The Balaban J connectivity index is 3.05. The lowest BCUT2D eigenvalue weighted by molar-refractivity contribution is -0.132. The summed E-state index contributed by atoms with van der Waals surface area (Å²) in [5, 5.41) is 12.6. The summed E-state index contributed by atoms with van der Waals surface area (Å²) >= 11 is 1.57. The van der Waals surface area contributed by atoms with Gasteiger partial charge in [0.1, 0.15) is 0 Å². The van der Waals surface area contributed by atoms with E-state index in [1.165, 1.54) is 0 Å². The number of carboxylic acids is 1. The van der Waals surface area contributed by atoms with Crippen molar-refractivity contribution >= 4 is 22.9 Å². The van der Waals surface area contributed by atoms with E-state index >= 15 is 0 Å². The lowest BCUT2D eigenvalue weighted by atomic mass is 10.1. The van der Waals surface area contributed by atoms with E-state index in [2.05, 4.69) is 0 Å². The summed E-state index contributed by atoms with van der Waals surface area (Å²) in [6.07, 6.45) is 0. The highest BCUT2D eigenvalue weighted by Gasteiger charge is 2.06. The van der Waals surface area contributed by atoms with Crippen molar-refractivity contribution < 1.29 is 9.90 Å². The van der Waals surface area contributed by atoms with Crippen molar-refractivity contribution in [3.8, 4) is 0 Å². The molecule has 3 heteroatoms. The number of thiophene rings is 1. The molecule has 0 fully saturated rings. The predicted molar refractivity (Wildman–Crippen MR) is 50.2 cm³/mol. The topological polar surface area (TPSA) is 37.3 Å². The first-order valence-corrected chi connectivity index (χ1v) is 4.50. The summed E-state index contributed by atoms with van der Waals surface area (Å²) in [4.78, 5) is 10.6. The minimum absolute atomic E-state index is 0.411. The first-order valence-electron chi connectivity index (χ1n) is 3.56. The Kier molecular flexibility index (Phi) is 2.65. The smallest absolute Gasteiger partial charge is 0.331 e. The highest BCUT2D eigenvalue weighted by molar-refractivity contribution is 7.08. The van der Waals surface area contributed by atoms with Crippen molar-refractivity contribution in [2.24, 2.45) is 0 Å². The molecule has 2 nitrogen and oxygen atoms in total. The van der Waals surface area contributed by atoms with Crippen LogP contribution >= 0.6 is 11.3 Å². The van der Waals surface area contributed by atoms with Crippen LogP contribution in [0.3, 0.4) is 0 Å². The van der Waals surface area contributed by atoms with Gasteiger partial charge >= 0.3 is 5.97 Å². The molecule has 0 aliphatic rings. The Labute approximate surface area is 75.2 Å². The highest BCUT2D eigenvalue weighted by atomic mass is 32.1. The number of hydrogen-bond donors (Lipinski definition) is 1. The molecule has 0 aromatic carbocycles. The zero-order valence-corrected chi connectivity index (χ0v) is 7.81. The Morgan fingerprint density at radius 2 is 2.17 bits per heavy atom. The molecule has 0 bridgehead atoms. The third kappa shape index (κ3) is 1.74. The van der Waals surface area contributed by atoms with Crippen molar-refractivity contribution in [2.75, 3.05) is 0 Å². The first-order chi connectivity index (χ1) is 5.63. The van der Waals surface area contributed by atoms with Gasteiger partial charge in [-0.2, -0.15) is 11.3 Å². The molecule has 0 spiro atoms. The van der Waals surface area contributed by atoms with Crippen LogP contribution in [-0.2, 0) is 4.79 Å². The zero-order valence-electron chi connectivity index (χ0n) is 7.00. The molecule has 0 atom stereocenters. The van der Waals surface area contributed by atoms with Crippen LogP contribution in [0, 0.1) is 0 Å². The second kappa shape index (κ2) is 3.54. The number of carboxylic acid groups (broad SMARTS) is 1. The van der Waals surface area contributed by atoms with Crippen molar-refractivity contribution in [1.82, 2.24) is 0 Å². The molecule has 1 aromatic heterocycles. The van der Waals surface area contributed by atoms with Gasteiger partial charge in [-0.15, -0.1) is 0 Å². The fourth-order valence-electron chi connectivity index (χ4n) is 0.855. The molecule has 0 amide bonds. The Hall–Kier alpha value is -1.09. The van der Waals surface area contributed by atoms with E-state index in [0.717, 1.165) is 11.1 Å². The maximum Gasteiger partial charge on any atom is 0.331 e. The third-order valence-corrected chi connectivity index (χ3v) is 2.52. The number of hydrogen-bond acceptors (Lipinski definition) is 2. The van der Waals surface area contributed by atoms with Crippen molar-refractivity contribution in [1.29, 1.82) is 0 Å². The molecular weight excluding hydrogens is 172 g/mol. The van der Waals surface area contributed by atoms with E-state index in [1.807, 2.05) is 23.8 Å². The summed E-state index contributed by atoms with van der Waals surface area (Å²) in [5.74, 6) is -0.848. The van der Waals surface area contributed by atoms with Crippen molar-refractivity contribution in [3.05, 3.63) is 28.0 Å². The van der Waals surface area contributed by atoms with Crippen LogP contribution in [0.2, 0.25) is 0 Å². The summed E-state index contributed by atoms with van der Waals surface area (Å²) < 4.78 is 0. The Morgan fingerprint density at radius 1 is 1.50 bits per heavy atom. The molecular formula is C9H10O2S. The van der Waals surface area contributed by atoms with E-state index in [1.54, 1.807) is 18.3 Å². The van der Waals surface area contributed by atoms with E-state index in [4.69, 9.17) is 5.11 Å². The molecule has 1 N–H and O–H groups in total. The minimum atomic E-state index is -0.848. The van der Waals surface area contributed by atoms with Gasteiger partial charge in [-0.3, -0.25) is 0 Å². The van der Waals surface area contributed by atoms with Crippen LogP contribution in [-0.4, -0.2) is 11.1 Å². The lowest BCUT2D eigenvalue weighted by Gasteiger charge is -1.99. The molecule has 12 heavy (non-hydrogen) atoms. The maximum absolute atomic E-state index is 10.6. The second-order valence-electron chi connectivity index (χ2n) is 2.57. The van der Waals surface area contributed by atoms with E-state index < -0.39 is 5.97 Å². The molecule has 0 saturated carbocycles. The van der Waals surface area contributed by atoms with Gasteiger partial charge in [0.2, 0.25) is 0 Å². The summed E-state index contributed by atoms with van der Waals surface area (Å²) in [6, 6.07) is 1.92. The van der Waals surface area contributed by atoms with Crippen LogP contribution in [0.15, 0.2) is 22.4 Å². The van der Waals surface area contributed by atoms with Gasteiger partial charge in [-0.25, -0.2) is 4.79 Å². The maximum atomic E-state index is 10.6. The zero-order chi connectivity index (χ0) is 9.14. The van der Waals surface area contributed by atoms with Gasteiger partial charge in [0.15, 0.2) is 0 Å². The molecule has 0 unspecified atom stereocenters. The van der Waals surface area contributed by atoms with E-state index in [-0.39, 0.29) is 0 Å². The Morgan fingerprint density at radius 3 is 2.58 bits per heavy atom. The van der Waals surface area contributed by atoms with Crippen molar-refractivity contribution in [2.45, 2.75) is 13.8 Å². The Bertz CT molecular complexity index is 309. The van der Waals surface area contributed by atoms with Crippen LogP contribution in [0.4, 0.5) is 0 Å². The number of aliphatic carboxylic acids is 1. The van der Waals surface area contributed by atoms with E-state index in [0.29, 0.717) is 5.57 Å². The monoisotopic (exact) mass is 182 g/mol. The number of rotatable bonds is 2. The first kappa shape index (κ1) is 9.00. The average Bonchev–Trinajstić information content (AvgIpc) is 2.53. The van der Waals surface area contributed by atoms with Gasteiger partial charge in [0.25, 0.3) is 0 Å². The third-order valence-electron chi connectivity index (χ3n) is 1.84. The number of carbonyl (C=O) groups is 1. The molecule has 1 aromatic rings. The van der Waals surface area contributed by atoms with Gasteiger partial charge in [0, 0.05) is 5.57 Å². The highest BCUT2D eigenvalue weighted by Crippen LogP contribution is 2.20. The fourth-order valence-corrected chi connectivity index (χ4v) is 1.56. The normalized spacial score (nSPS) is 12.5. The number of allylic oxidation sites excluding steroid dienone is 1. The molecule has 1 rings (SSSR count). The van der Waals surface area contributed by atoms with Crippen molar-refractivity contribution in [3.63, 3.8) is 0 Å².